The lowest BCUT2D eigenvalue weighted by Crippen LogP contribution is -2.23. The van der Waals surface area contributed by atoms with Crippen LogP contribution in [0, 0.1) is 28.9 Å². The van der Waals surface area contributed by atoms with E-state index in [0.717, 1.165) is 37.9 Å². The Bertz CT molecular complexity index is 443. The van der Waals surface area contributed by atoms with Crippen LogP contribution >= 0.6 is 0 Å². The molecule has 1 aromatic rings. The molecule has 0 aliphatic carbocycles. The molecule has 110 valence electrons. The van der Waals surface area contributed by atoms with Gasteiger partial charge in [-0.1, -0.05) is 33.1 Å². The van der Waals surface area contributed by atoms with Gasteiger partial charge in [0.15, 0.2) is 0 Å². The van der Waals surface area contributed by atoms with Crippen molar-refractivity contribution in [2.75, 3.05) is 6.54 Å². The summed E-state index contributed by atoms with van der Waals surface area (Å²) in [6, 6.07) is 3.90. The van der Waals surface area contributed by atoms with Crippen LogP contribution in [0.25, 0.3) is 0 Å². The predicted molar refractivity (Wildman–Crippen MR) is 76.1 cm³/mol. The van der Waals surface area contributed by atoms with Gasteiger partial charge < -0.3 is 5.32 Å². The molecule has 0 amide bonds. The summed E-state index contributed by atoms with van der Waals surface area (Å²) in [5, 5.41) is 11.8. The van der Waals surface area contributed by atoms with Gasteiger partial charge in [0, 0.05) is 12.1 Å². The fourth-order valence-corrected chi connectivity index (χ4v) is 2.18. The van der Waals surface area contributed by atoms with Crippen molar-refractivity contribution < 1.29 is 8.78 Å². The fourth-order valence-electron chi connectivity index (χ4n) is 2.18. The second kappa shape index (κ2) is 8.65. The first kappa shape index (κ1) is 16.6. The highest BCUT2D eigenvalue weighted by atomic mass is 19.1. The molecule has 0 heterocycles. The first-order valence-corrected chi connectivity index (χ1v) is 7.21. The van der Waals surface area contributed by atoms with Gasteiger partial charge in [0.05, 0.1) is 11.6 Å². The highest BCUT2D eigenvalue weighted by molar-refractivity contribution is 5.34. The zero-order valence-electron chi connectivity index (χ0n) is 12.2. The van der Waals surface area contributed by atoms with E-state index < -0.39 is 11.6 Å². The van der Waals surface area contributed by atoms with E-state index in [4.69, 9.17) is 5.26 Å². The van der Waals surface area contributed by atoms with Crippen LogP contribution < -0.4 is 5.32 Å². The minimum Gasteiger partial charge on any atom is -0.312 e. The fraction of sp³-hybridized carbons (Fsp3) is 0.562. The summed E-state index contributed by atoms with van der Waals surface area (Å²) in [6.07, 6.45) is 4.54. The SMILES string of the molecule is CCCCC(CC)CNCc1c(F)cc(C#N)cc1F. The number of unbranched alkanes of at least 4 members (excludes halogenated alkanes) is 1. The lowest BCUT2D eigenvalue weighted by Gasteiger charge is -2.15. The molecule has 1 rings (SSSR count). The molecule has 2 nitrogen and oxygen atoms in total. The summed E-state index contributed by atoms with van der Waals surface area (Å²) >= 11 is 0. The van der Waals surface area contributed by atoms with Crippen molar-refractivity contribution in [3.05, 3.63) is 34.9 Å². The number of nitriles is 1. The van der Waals surface area contributed by atoms with Crippen LogP contribution in [0.5, 0.6) is 0 Å². The first-order chi connectivity index (χ1) is 9.62. The highest BCUT2D eigenvalue weighted by Gasteiger charge is 2.12. The molecular formula is C16H22F2N2. The van der Waals surface area contributed by atoms with Crippen molar-refractivity contribution in [3.63, 3.8) is 0 Å². The number of nitrogens with zero attached hydrogens (tertiary/aromatic N) is 1. The van der Waals surface area contributed by atoms with E-state index in [0.29, 0.717) is 5.92 Å². The number of rotatable bonds is 8. The molecule has 0 saturated carbocycles. The molecule has 0 bridgehead atoms. The zero-order chi connectivity index (χ0) is 15.0. The minimum atomic E-state index is -0.657. The molecule has 1 aromatic carbocycles. The number of halogens is 2. The summed E-state index contributed by atoms with van der Waals surface area (Å²) in [4.78, 5) is 0. The highest BCUT2D eigenvalue weighted by Crippen LogP contribution is 2.16. The molecule has 1 N–H and O–H groups in total. The van der Waals surface area contributed by atoms with E-state index in [9.17, 15) is 8.78 Å². The van der Waals surface area contributed by atoms with E-state index in [1.807, 2.05) is 0 Å². The summed E-state index contributed by atoms with van der Waals surface area (Å²) in [7, 11) is 0. The van der Waals surface area contributed by atoms with Crippen molar-refractivity contribution in [2.45, 2.75) is 46.1 Å². The van der Waals surface area contributed by atoms with Crippen molar-refractivity contribution in [3.8, 4) is 6.07 Å². The third kappa shape index (κ3) is 4.90. The number of hydrogen-bond donors (Lipinski definition) is 1. The molecule has 0 radical (unpaired) electrons. The Morgan fingerprint density at radius 2 is 1.90 bits per heavy atom. The van der Waals surface area contributed by atoms with Gasteiger partial charge in [-0.15, -0.1) is 0 Å². The van der Waals surface area contributed by atoms with Crippen LogP contribution in [-0.4, -0.2) is 6.54 Å². The zero-order valence-corrected chi connectivity index (χ0v) is 12.2. The molecule has 0 fully saturated rings. The molecule has 1 atom stereocenters. The molecule has 0 saturated heterocycles. The maximum absolute atomic E-state index is 13.7. The van der Waals surface area contributed by atoms with Crippen LogP contribution in [-0.2, 0) is 6.54 Å². The average Bonchev–Trinajstić information content (AvgIpc) is 2.44. The second-order valence-electron chi connectivity index (χ2n) is 5.08. The predicted octanol–water partition coefficient (Wildman–Crippen LogP) is 4.14. The van der Waals surface area contributed by atoms with Crippen molar-refractivity contribution >= 4 is 0 Å². The van der Waals surface area contributed by atoms with Gasteiger partial charge in [-0.3, -0.25) is 0 Å². The van der Waals surface area contributed by atoms with Crippen LogP contribution in [0.4, 0.5) is 8.78 Å². The average molecular weight is 280 g/mol. The molecule has 0 aromatic heterocycles. The van der Waals surface area contributed by atoms with E-state index in [1.165, 1.54) is 6.42 Å². The van der Waals surface area contributed by atoms with E-state index >= 15 is 0 Å². The first-order valence-electron chi connectivity index (χ1n) is 7.21. The van der Waals surface area contributed by atoms with E-state index in [-0.39, 0.29) is 17.7 Å². The Kier molecular flexibility index (Phi) is 7.17. The van der Waals surface area contributed by atoms with Crippen molar-refractivity contribution in [1.29, 1.82) is 5.26 Å². The van der Waals surface area contributed by atoms with Gasteiger partial charge in [0.2, 0.25) is 0 Å². The molecule has 0 aliphatic heterocycles. The third-order valence-electron chi connectivity index (χ3n) is 3.55. The van der Waals surface area contributed by atoms with Gasteiger partial charge in [-0.05, 0) is 31.0 Å². The lowest BCUT2D eigenvalue weighted by atomic mass is 9.99. The quantitative estimate of drug-likeness (QED) is 0.776. The van der Waals surface area contributed by atoms with Crippen LogP contribution in [0.15, 0.2) is 12.1 Å². The Hall–Kier alpha value is -1.47. The monoisotopic (exact) mass is 280 g/mol. The second-order valence-corrected chi connectivity index (χ2v) is 5.08. The molecule has 0 spiro atoms. The smallest absolute Gasteiger partial charge is 0.131 e. The minimum absolute atomic E-state index is 0.00865. The summed E-state index contributed by atoms with van der Waals surface area (Å²) in [5.74, 6) is -0.772. The van der Waals surface area contributed by atoms with Crippen LogP contribution in [0.3, 0.4) is 0 Å². The van der Waals surface area contributed by atoms with Crippen molar-refractivity contribution in [2.24, 2.45) is 5.92 Å². The molecule has 1 unspecified atom stereocenters. The van der Waals surface area contributed by atoms with Gasteiger partial charge in [0.1, 0.15) is 11.6 Å². The molecular weight excluding hydrogens is 258 g/mol. The molecule has 0 aliphatic rings. The van der Waals surface area contributed by atoms with E-state index in [1.54, 1.807) is 6.07 Å². The summed E-state index contributed by atoms with van der Waals surface area (Å²) in [5.41, 5.74) is 0.0208. The summed E-state index contributed by atoms with van der Waals surface area (Å²) < 4.78 is 27.4. The normalized spacial score (nSPS) is 12.2. The largest absolute Gasteiger partial charge is 0.312 e. The number of nitrogens with one attached hydrogen (secondary N) is 1. The maximum Gasteiger partial charge on any atom is 0.131 e. The number of benzene rings is 1. The van der Waals surface area contributed by atoms with Crippen LogP contribution in [0.2, 0.25) is 0 Å². The Morgan fingerprint density at radius 1 is 1.25 bits per heavy atom. The topological polar surface area (TPSA) is 35.8 Å². The Balaban J connectivity index is 2.55. The number of hydrogen-bond acceptors (Lipinski definition) is 2. The Labute approximate surface area is 119 Å². The van der Waals surface area contributed by atoms with Gasteiger partial charge >= 0.3 is 0 Å². The van der Waals surface area contributed by atoms with Gasteiger partial charge in [-0.25, -0.2) is 8.78 Å². The van der Waals surface area contributed by atoms with Gasteiger partial charge in [0.25, 0.3) is 0 Å². The van der Waals surface area contributed by atoms with Crippen LogP contribution in [0.1, 0.15) is 50.7 Å². The third-order valence-corrected chi connectivity index (χ3v) is 3.55. The summed E-state index contributed by atoms with van der Waals surface area (Å²) in [6.45, 7) is 5.20. The maximum atomic E-state index is 13.7. The molecule has 20 heavy (non-hydrogen) atoms. The Morgan fingerprint density at radius 3 is 2.40 bits per heavy atom. The lowest BCUT2D eigenvalue weighted by molar-refractivity contribution is 0.413. The van der Waals surface area contributed by atoms with Crippen molar-refractivity contribution in [1.82, 2.24) is 5.32 Å². The molecule has 4 heteroatoms. The van der Waals surface area contributed by atoms with Gasteiger partial charge in [-0.2, -0.15) is 5.26 Å². The standard InChI is InChI=1S/C16H22F2N2/c1-3-5-6-12(4-2)10-20-11-14-15(17)7-13(9-19)8-16(14)18/h7-8,12,20H,3-6,10-11H2,1-2H3. The van der Waals surface area contributed by atoms with E-state index in [2.05, 4.69) is 19.2 Å².